The van der Waals surface area contributed by atoms with Gasteiger partial charge in [-0.05, 0) is 25.0 Å². The summed E-state index contributed by atoms with van der Waals surface area (Å²) in [5, 5.41) is 0.668. The van der Waals surface area contributed by atoms with Crippen molar-refractivity contribution in [3.05, 3.63) is 34.3 Å². The van der Waals surface area contributed by atoms with Gasteiger partial charge in [0.05, 0.1) is 0 Å². The average Bonchev–Trinajstić information content (AvgIpc) is 2.10. The molecule has 0 aliphatic heterocycles. The van der Waals surface area contributed by atoms with Crippen LogP contribution in [0.3, 0.4) is 0 Å². The highest BCUT2D eigenvalue weighted by Gasteiger charge is 2.08. The highest BCUT2D eigenvalue weighted by atomic mass is 35.5. The van der Waals surface area contributed by atoms with E-state index in [1.165, 1.54) is 0 Å². The summed E-state index contributed by atoms with van der Waals surface area (Å²) in [6.07, 6.45) is 1.48. The summed E-state index contributed by atoms with van der Waals surface area (Å²) in [6, 6.07) is 5.46. The molecule has 0 saturated carbocycles. The Balaban J connectivity index is 3.01. The summed E-state index contributed by atoms with van der Waals surface area (Å²) in [4.78, 5) is 11.6. The second-order valence-electron chi connectivity index (χ2n) is 3.09. The average molecular weight is 197 g/mol. The molecular formula is C11H13ClO. The molecule has 0 unspecified atom stereocenters. The van der Waals surface area contributed by atoms with Gasteiger partial charge in [-0.15, -0.1) is 0 Å². The van der Waals surface area contributed by atoms with E-state index in [0.29, 0.717) is 11.4 Å². The SMILES string of the molecule is CCCC(=O)c1cccc(Cl)c1C. The molecule has 0 saturated heterocycles. The van der Waals surface area contributed by atoms with Crippen molar-refractivity contribution in [3.63, 3.8) is 0 Å². The Labute approximate surface area is 83.7 Å². The molecule has 0 aliphatic rings. The molecule has 1 aromatic carbocycles. The molecule has 0 bridgehead atoms. The van der Waals surface area contributed by atoms with Gasteiger partial charge in [-0.3, -0.25) is 4.79 Å². The third kappa shape index (κ3) is 2.31. The first-order chi connectivity index (χ1) is 6.16. The molecule has 0 N–H and O–H groups in total. The molecule has 0 atom stereocenters. The van der Waals surface area contributed by atoms with Crippen molar-refractivity contribution < 1.29 is 4.79 Å². The van der Waals surface area contributed by atoms with Gasteiger partial charge in [-0.2, -0.15) is 0 Å². The molecule has 0 spiro atoms. The Kier molecular flexibility index (Phi) is 3.49. The number of benzene rings is 1. The first-order valence-electron chi connectivity index (χ1n) is 4.45. The lowest BCUT2D eigenvalue weighted by Crippen LogP contribution is -2.00. The Morgan fingerprint density at radius 1 is 1.46 bits per heavy atom. The lowest BCUT2D eigenvalue weighted by atomic mass is 10.0. The van der Waals surface area contributed by atoms with Crippen LogP contribution in [0.1, 0.15) is 35.7 Å². The first kappa shape index (κ1) is 10.3. The van der Waals surface area contributed by atoms with E-state index in [1.807, 2.05) is 26.0 Å². The summed E-state index contributed by atoms with van der Waals surface area (Å²) in [5.41, 5.74) is 1.65. The number of Topliss-reactive ketones (excluding diaryl/α,β-unsaturated/α-hetero) is 1. The molecule has 1 rings (SSSR count). The molecule has 0 amide bonds. The van der Waals surface area contributed by atoms with Crippen LogP contribution >= 0.6 is 11.6 Å². The second kappa shape index (κ2) is 4.43. The van der Waals surface area contributed by atoms with Crippen LogP contribution < -0.4 is 0 Å². The van der Waals surface area contributed by atoms with Crippen molar-refractivity contribution >= 4 is 17.4 Å². The van der Waals surface area contributed by atoms with Crippen molar-refractivity contribution in [1.82, 2.24) is 0 Å². The summed E-state index contributed by atoms with van der Waals surface area (Å²) >= 11 is 5.91. The van der Waals surface area contributed by atoms with E-state index in [4.69, 9.17) is 11.6 Å². The zero-order valence-corrected chi connectivity index (χ0v) is 8.69. The van der Waals surface area contributed by atoms with Crippen LogP contribution in [0.4, 0.5) is 0 Å². The van der Waals surface area contributed by atoms with Gasteiger partial charge < -0.3 is 0 Å². The quantitative estimate of drug-likeness (QED) is 0.675. The van der Waals surface area contributed by atoms with Crippen molar-refractivity contribution in [1.29, 1.82) is 0 Å². The van der Waals surface area contributed by atoms with Crippen LogP contribution in [0.2, 0.25) is 5.02 Å². The Morgan fingerprint density at radius 2 is 2.15 bits per heavy atom. The van der Waals surface area contributed by atoms with Crippen molar-refractivity contribution in [2.75, 3.05) is 0 Å². The number of hydrogen-bond acceptors (Lipinski definition) is 1. The maximum atomic E-state index is 11.6. The van der Waals surface area contributed by atoms with Gasteiger partial charge in [-0.1, -0.05) is 30.7 Å². The predicted molar refractivity (Wildman–Crippen MR) is 55.4 cm³/mol. The van der Waals surface area contributed by atoms with E-state index >= 15 is 0 Å². The predicted octanol–water partition coefficient (Wildman–Crippen LogP) is 3.63. The summed E-state index contributed by atoms with van der Waals surface area (Å²) in [5.74, 6) is 0.183. The van der Waals surface area contributed by atoms with Gasteiger partial charge in [0.2, 0.25) is 0 Å². The number of hydrogen-bond donors (Lipinski definition) is 0. The maximum absolute atomic E-state index is 11.6. The minimum atomic E-state index is 0.183. The van der Waals surface area contributed by atoms with Crippen LogP contribution in [-0.4, -0.2) is 5.78 Å². The molecule has 0 aliphatic carbocycles. The molecule has 1 nitrogen and oxygen atoms in total. The normalized spacial score (nSPS) is 10.1. The van der Waals surface area contributed by atoms with Crippen LogP contribution in [0, 0.1) is 6.92 Å². The van der Waals surface area contributed by atoms with E-state index in [0.717, 1.165) is 17.5 Å². The third-order valence-electron chi connectivity index (χ3n) is 2.05. The van der Waals surface area contributed by atoms with Gasteiger partial charge in [0, 0.05) is 17.0 Å². The molecular weight excluding hydrogens is 184 g/mol. The lowest BCUT2D eigenvalue weighted by molar-refractivity contribution is 0.0981. The maximum Gasteiger partial charge on any atom is 0.163 e. The van der Waals surface area contributed by atoms with Crippen molar-refractivity contribution in [2.24, 2.45) is 0 Å². The largest absolute Gasteiger partial charge is 0.294 e. The zero-order chi connectivity index (χ0) is 9.84. The minimum Gasteiger partial charge on any atom is -0.294 e. The molecule has 0 fully saturated rings. The minimum absolute atomic E-state index is 0.183. The van der Waals surface area contributed by atoms with Crippen molar-refractivity contribution in [2.45, 2.75) is 26.7 Å². The van der Waals surface area contributed by atoms with Gasteiger partial charge in [0.25, 0.3) is 0 Å². The van der Waals surface area contributed by atoms with E-state index < -0.39 is 0 Å². The Hall–Kier alpha value is -0.820. The Morgan fingerprint density at radius 3 is 2.77 bits per heavy atom. The van der Waals surface area contributed by atoms with Crippen LogP contribution in [0.5, 0.6) is 0 Å². The van der Waals surface area contributed by atoms with Gasteiger partial charge >= 0.3 is 0 Å². The molecule has 2 heteroatoms. The summed E-state index contributed by atoms with van der Waals surface area (Å²) in [7, 11) is 0. The molecule has 0 aromatic heterocycles. The molecule has 1 aromatic rings. The van der Waals surface area contributed by atoms with E-state index in [2.05, 4.69) is 0 Å². The second-order valence-corrected chi connectivity index (χ2v) is 3.49. The lowest BCUT2D eigenvalue weighted by Gasteiger charge is -2.04. The highest BCUT2D eigenvalue weighted by Crippen LogP contribution is 2.20. The van der Waals surface area contributed by atoms with Crippen LogP contribution in [0.25, 0.3) is 0 Å². The van der Waals surface area contributed by atoms with Crippen LogP contribution in [0.15, 0.2) is 18.2 Å². The van der Waals surface area contributed by atoms with Gasteiger partial charge in [0.1, 0.15) is 0 Å². The fourth-order valence-corrected chi connectivity index (χ4v) is 1.45. The number of rotatable bonds is 3. The van der Waals surface area contributed by atoms with Gasteiger partial charge in [-0.25, -0.2) is 0 Å². The van der Waals surface area contributed by atoms with Gasteiger partial charge in [0.15, 0.2) is 5.78 Å². The Bertz CT molecular complexity index is 318. The monoisotopic (exact) mass is 196 g/mol. The molecule has 70 valence electrons. The highest BCUT2D eigenvalue weighted by molar-refractivity contribution is 6.31. The summed E-state index contributed by atoms with van der Waals surface area (Å²) in [6.45, 7) is 3.88. The summed E-state index contributed by atoms with van der Waals surface area (Å²) < 4.78 is 0. The third-order valence-corrected chi connectivity index (χ3v) is 2.45. The fraction of sp³-hybridized carbons (Fsp3) is 0.364. The van der Waals surface area contributed by atoms with Crippen molar-refractivity contribution in [3.8, 4) is 0 Å². The van der Waals surface area contributed by atoms with E-state index in [-0.39, 0.29) is 5.78 Å². The number of carbonyl (C=O) groups is 1. The first-order valence-corrected chi connectivity index (χ1v) is 4.83. The van der Waals surface area contributed by atoms with E-state index in [1.54, 1.807) is 6.07 Å². The van der Waals surface area contributed by atoms with E-state index in [9.17, 15) is 4.79 Å². The number of carbonyl (C=O) groups excluding carboxylic acids is 1. The topological polar surface area (TPSA) is 17.1 Å². The standard InChI is InChI=1S/C11H13ClO/c1-3-5-11(13)9-6-4-7-10(12)8(9)2/h4,6-7H,3,5H2,1-2H3. The molecule has 13 heavy (non-hydrogen) atoms. The number of ketones is 1. The molecule has 0 radical (unpaired) electrons. The fourth-order valence-electron chi connectivity index (χ4n) is 1.27. The number of halogens is 1. The smallest absolute Gasteiger partial charge is 0.163 e. The molecule has 0 heterocycles. The zero-order valence-electron chi connectivity index (χ0n) is 7.93. The van der Waals surface area contributed by atoms with Crippen LogP contribution in [-0.2, 0) is 0 Å².